The second-order valence-electron chi connectivity index (χ2n) is 10.8. The van der Waals surface area contributed by atoms with Crippen LogP contribution in [0.5, 0.6) is 5.75 Å². The quantitative estimate of drug-likeness (QED) is 0.153. The van der Waals surface area contributed by atoms with E-state index < -0.39 is 28.5 Å². The van der Waals surface area contributed by atoms with Gasteiger partial charge in [-0.2, -0.15) is 0 Å². The monoisotopic (exact) mass is 725 g/mol. The number of anilines is 1. The molecule has 0 aliphatic rings. The maximum absolute atomic E-state index is 14.5. The van der Waals surface area contributed by atoms with Crippen molar-refractivity contribution in [3.8, 4) is 5.75 Å². The molecular weight excluding hydrogens is 690 g/mol. The number of sulfonamides is 1. The fourth-order valence-corrected chi connectivity index (χ4v) is 6.67. The van der Waals surface area contributed by atoms with Crippen LogP contribution in [-0.4, -0.2) is 50.9 Å². The number of benzene rings is 4. The van der Waals surface area contributed by atoms with Gasteiger partial charge in [-0.25, -0.2) is 8.42 Å². The smallest absolute Gasteiger partial charge is 0.264 e. The predicted molar refractivity (Wildman–Crippen MR) is 185 cm³/mol. The summed E-state index contributed by atoms with van der Waals surface area (Å²) in [7, 11) is -2.78. The molecule has 0 fully saturated rings. The Morgan fingerprint density at radius 3 is 2.20 bits per heavy atom. The highest BCUT2D eigenvalue weighted by molar-refractivity contribution is 9.10. The highest BCUT2D eigenvalue weighted by Gasteiger charge is 2.35. The molecule has 242 valence electrons. The average molecular weight is 727 g/mol. The van der Waals surface area contributed by atoms with Crippen LogP contribution in [0, 0.1) is 0 Å². The van der Waals surface area contributed by atoms with Crippen LogP contribution < -0.4 is 14.4 Å². The Hall–Kier alpha value is -3.86. The van der Waals surface area contributed by atoms with E-state index in [1.54, 1.807) is 30.3 Å². The highest BCUT2D eigenvalue weighted by Crippen LogP contribution is 2.28. The Labute approximate surface area is 284 Å². The van der Waals surface area contributed by atoms with E-state index in [0.29, 0.717) is 17.2 Å². The largest absolute Gasteiger partial charge is 0.497 e. The number of ether oxygens (including phenoxy) is 1. The number of amides is 2. The van der Waals surface area contributed by atoms with Gasteiger partial charge in [-0.3, -0.25) is 13.9 Å². The minimum atomic E-state index is -4.27. The summed E-state index contributed by atoms with van der Waals surface area (Å²) >= 11 is 9.75. The number of carbonyl (C=O) groups excluding carboxylic acids is 2. The van der Waals surface area contributed by atoms with Gasteiger partial charge in [0.25, 0.3) is 10.0 Å². The molecule has 0 spiro atoms. The minimum Gasteiger partial charge on any atom is -0.497 e. The molecule has 0 bridgehead atoms. The molecule has 2 atom stereocenters. The van der Waals surface area contributed by atoms with Crippen molar-refractivity contribution in [2.24, 2.45) is 0 Å². The van der Waals surface area contributed by atoms with Crippen LogP contribution in [0.1, 0.15) is 31.4 Å². The van der Waals surface area contributed by atoms with E-state index in [-0.39, 0.29) is 35.5 Å². The lowest BCUT2D eigenvalue weighted by molar-refractivity contribution is -0.140. The number of hydrogen-bond donors (Lipinski definition) is 1. The predicted octanol–water partition coefficient (Wildman–Crippen LogP) is 6.86. The van der Waals surface area contributed by atoms with E-state index in [1.807, 2.05) is 68.4 Å². The van der Waals surface area contributed by atoms with Crippen molar-refractivity contribution >= 4 is 55.1 Å². The molecule has 4 aromatic rings. The molecule has 0 aliphatic carbocycles. The second kappa shape index (κ2) is 16.1. The lowest BCUT2D eigenvalue weighted by Gasteiger charge is -2.34. The van der Waals surface area contributed by atoms with E-state index in [0.717, 1.165) is 19.9 Å². The summed E-state index contributed by atoms with van der Waals surface area (Å²) in [5.41, 5.74) is 1.85. The van der Waals surface area contributed by atoms with Crippen LogP contribution in [0.3, 0.4) is 0 Å². The van der Waals surface area contributed by atoms with Crippen molar-refractivity contribution in [1.29, 1.82) is 0 Å². The third kappa shape index (κ3) is 9.11. The van der Waals surface area contributed by atoms with Crippen molar-refractivity contribution in [1.82, 2.24) is 10.2 Å². The van der Waals surface area contributed by atoms with Gasteiger partial charge in [-0.15, -0.1) is 0 Å². The molecule has 4 rings (SSSR count). The first-order chi connectivity index (χ1) is 22.0. The molecule has 0 saturated heterocycles. The highest BCUT2D eigenvalue weighted by atomic mass is 79.9. The molecule has 0 aliphatic heterocycles. The van der Waals surface area contributed by atoms with E-state index in [1.165, 1.54) is 30.2 Å². The Morgan fingerprint density at radius 1 is 0.913 bits per heavy atom. The summed E-state index contributed by atoms with van der Waals surface area (Å²) in [6.45, 7) is 3.37. The zero-order chi connectivity index (χ0) is 33.3. The normalized spacial score (nSPS) is 12.5. The number of nitrogens with one attached hydrogen (secondary N) is 1. The number of carbonyl (C=O) groups is 2. The standard InChI is InChI=1S/C35H37BrClN3O5S/c1-4-25(2)38-35(42)33(21-26-9-6-5-7-10-26)39(23-27-13-15-28(36)16-14-27)34(41)24-40(30-12-8-11-29(37)22-30)46(43,44)32-19-17-31(45-3)18-20-32/h5-20,22,25,33H,4,21,23-24H2,1-3H3,(H,38,42)/t25-,33+/m0/s1. The number of nitrogens with zero attached hydrogens (tertiary/aromatic N) is 2. The minimum absolute atomic E-state index is 0.0316. The fourth-order valence-electron chi connectivity index (χ4n) is 4.82. The van der Waals surface area contributed by atoms with Crippen LogP contribution in [0.2, 0.25) is 5.02 Å². The van der Waals surface area contributed by atoms with Gasteiger partial charge in [0.15, 0.2) is 0 Å². The third-order valence-electron chi connectivity index (χ3n) is 7.56. The van der Waals surface area contributed by atoms with Crippen molar-refractivity contribution < 1.29 is 22.7 Å². The summed E-state index contributed by atoms with van der Waals surface area (Å²) in [6.07, 6.45) is 0.931. The van der Waals surface area contributed by atoms with E-state index in [9.17, 15) is 18.0 Å². The first-order valence-corrected chi connectivity index (χ1v) is 17.4. The molecule has 0 heterocycles. The summed E-state index contributed by atoms with van der Waals surface area (Å²) < 4.78 is 35.4. The van der Waals surface area contributed by atoms with Crippen LogP contribution >= 0.6 is 27.5 Å². The molecule has 11 heteroatoms. The maximum atomic E-state index is 14.5. The lowest BCUT2D eigenvalue weighted by atomic mass is 10.0. The molecular formula is C35H37BrClN3O5S. The Morgan fingerprint density at radius 2 is 1.59 bits per heavy atom. The zero-order valence-electron chi connectivity index (χ0n) is 25.9. The van der Waals surface area contributed by atoms with Gasteiger partial charge < -0.3 is 15.0 Å². The van der Waals surface area contributed by atoms with Crippen LogP contribution in [-0.2, 0) is 32.6 Å². The van der Waals surface area contributed by atoms with Gasteiger partial charge in [-0.05, 0) is 79.1 Å². The van der Waals surface area contributed by atoms with Gasteiger partial charge in [0.1, 0.15) is 18.3 Å². The zero-order valence-corrected chi connectivity index (χ0v) is 29.1. The SMILES string of the molecule is CC[C@H](C)NC(=O)[C@@H](Cc1ccccc1)N(Cc1ccc(Br)cc1)C(=O)CN(c1cccc(Cl)c1)S(=O)(=O)c1ccc(OC)cc1. The van der Waals surface area contributed by atoms with E-state index in [4.69, 9.17) is 16.3 Å². The summed E-state index contributed by atoms with van der Waals surface area (Å²) in [5.74, 6) is -0.391. The first-order valence-electron chi connectivity index (χ1n) is 14.8. The Kier molecular flexibility index (Phi) is 12.3. The van der Waals surface area contributed by atoms with E-state index in [2.05, 4.69) is 21.2 Å². The van der Waals surface area contributed by atoms with Crippen LogP contribution in [0.4, 0.5) is 5.69 Å². The summed E-state index contributed by atoms with van der Waals surface area (Å²) in [4.78, 5) is 29.9. The van der Waals surface area contributed by atoms with Crippen molar-refractivity contribution in [3.63, 3.8) is 0 Å². The summed E-state index contributed by atoms with van der Waals surface area (Å²) in [5, 5.41) is 3.34. The molecule has 46 heavy (non-hydrogen) atoms. The summed E-state index contributed by atoms with van der Waals surface area (Å²) in [6, 6.07) is 28.1. The van der Waals surface area contributed by atoms with E-state index >= 15 is 0 Å². The molecule has 0 aromatic heterocycles. The van der Waals surface area contributed by atoms with Crippen molar-refractivity contribution in [2.75, 3.05) is 18.0 Å². The van der Waals surface area contributed by atoms with Gasteiger partial charge in [0.05, 0.1) is 17.7 Å². The Bertz CT molecular complexity index is 1720. The Balaban J connectivity index is 1.80. The van der Waals surface area contributed by atoms with Crippen molar-refractivity contribution in [3.05, 3.63) is 124 Å². The van der Waals surface area contributed by atoms with Gasteiger partial charge in [0.2, 0.25) is 11.8 Å². The molecule has 0 saturated carbocycles. The van der Waals surface area contributed by atoms with Crippen molar-refractivity contribution in [2.45, 2.75) is 50.2 Å². The molecule has 0 radical (unpaired) electrons. The second-order valence-corrected chi connectivity index (χ2v) is 14.1. The number of halogens is 2. The molecule has 8 nitrogen and oxygen atoms in total. The molecule has 0 unspecified atom stereocenters. The van der Waals surface area contributed by atoms with Gasteiger partial charge >= 0.3 is 0 Å². The average Bonchev–Trinajstić information content (AvgIpc) is 3.06. The molecule has 1 N–H and O–H groups in total. The fraction of sp³-hybridized carbons (Fsp3) is 0.257. The lowest BCUT2D eigenvalue weighted by Crippen LogP contribution is -2.54. The molecule has 2 amide bonds. The van der Waals surface area contributed by atoms with Gasteiger partial charge in [0, 0.05) is 28.5 Å². The first kappa shape index (κ1) is 35.0. The number of rotatable bonds is 14. The van der Waals surface area contributed by atoms with Crippen LogP contribution in [0.15, 0.2) is 112 Å². The number of hydrogen-bond acceptors (Lipinski definition) is 5. The maximum Gasteiger partial charge on any atom is 0.264 e. The number of methoxy groups -OCH3 is 1. The molecule has 4 aromatic carbocycles. The third-order valence-corrected chi connectivity index (χ3v) is 10.1. The van der Waals surface area contributed by atoms with Crippen LogP contribution in [0.25, 0.3) is 0 Å². The topological polar surface area (TPSA) is 96.0 Å². The van der Waals surface area contributed by atoms with Gasteiger partial charge in [-0.1, -0.05) is 83.0 Å².